The van der Waals surface area contributed by atoms with Crippen LogP contribution in [0.15, 0.2) is 60.7 Å². The number of nitrogens with one attached hydrogen (secondary N) is 1. The zero-order valence-electron chi connectivity index (χ0n) is 15.8. The summed E-state index contributed by atoms with van der Waals surface area (Å²) in [6.07, 6.45) is 1.82. The van der Waals surface area contributed by atoms with E-state index in [-0.39, 0.29) is 17.7 Å². The van der Waals surface area contributed by atoms with Gasteiger partial charge in [0, 0.05) is 19.2 Å². The molecule has 4 heteroatoms. The highest BCUT2D eigenvalue weighted by Crippen LogP contribution is 2.09. The molecule has 0 spiro atoms. The number of aryl methyl sites for hydroxylation is 1. The zero-order chi connectivity index (χ0) is 18.9. The first-order chi connectivity index (χ1) is 12.5. The van der Waals surface area contributed by atoms with Crippen LogP contribution >= 0.6 is 0 Å². The molecule has 2 aromatic rings. The second-order valence-corrected chi connectivity index (χ2v) is 6.91. The Kier molecular flexibility index (Phi) is 7.39. The third kappa shape index (κ3) is 5.73. The van der Waals surface area contributed by atoms with E-state index in [0.29, 0.717) is 12.1 Å². The van der Waals surface area contributed by atoms with Gasteiger partial charge in [-0.1, -0.05) is 62.4 Å². The molecular formula is C22H28N2O2. The second-order valence-electron chi connectivity index (χ2n) is 6.91. The maximum Gasteiger partial charge on any atom is 0.251 e. The fourth-order valence-corrected chi connectivity index (χ4v) is 2.84. The minimum absolute atomic E-state index is 0.0201. The highest BCUT2D eigenvalue weighted by molar-refractivity contribution is 5.97. The number of amides is 2. The van der Waals surface area contributed by atoms with Gasteiger partial charge in [-0.2, -0.15) is 0 Å². The minimum Gasteiger partial charge on any atom is -0.344 e. The molecule has 0 aliphatic rings. The lowest BCUT2D eigenvalue weighted by atomic mass is 10.0. The molecule has 1 unspecified atom stereocenters. The molecule has 26 heavy (non-hydrogen) atoms. The molecule has 0 saturated carbocycles. The Labute approximate surface area is 156 Å². The van der Waals surface area contributed by atoms with Crippen molar-refractivity contribution in [2.24, 2.45) is 5.92 Å². The summed E-state index contributed by atoms with van der Waals surface area (Å²) >= 11 is 0. The Balaban J connectivity index is 1.91. The highest BCUT2D eigenvalue weighted by Gasteiger charge is 2.27. The molecule has 0 aromatic heterocycles. The van der Waals surface area contributed by atoms with E-state index in [1.54, 1.807) is 24.1 Å². The Hall–Kier alpha value is -2.62. The highest BCUT2D eigenvalue weighted by atomic mass is 16.2. The van der Waals surface area contributed by atoms with Gasteiger partial charge in [-0.25, -0.2) is 0 Å². The largest absolute Gasteiger partial charge is 0.344 e. The Morgan fingerprint density at radius 3 is 2.12 bits per heavy atom. The maximum atomic E-state index is 12.8. The van der Waals surface area contributed by atoms with Crippen molar-refractivity contribution >= 4 is 11.8 Å². The van der Waals surface area contributed by atoms with Crippen LogP contribution in [0.4, 0.5) is 0 Å². The molecule has 2 amide bonds. The van der Waals surface area contributed by atoms with E-state index in [4.69, 9.17) is 0 Å². The summed E-state index contributed by atoms with van der Waals surface area (Å²) in [7, 11) is 1.80. The normalized spacial score (nSPS) is 11.8. The van der Waals surface area contributed by atoms with Gasteiger partial charge in [-0.05, 0) is 36.5 Å². The van der Waals surface area contributed by atoms with E-state index >= 15 is 0 Å². The van der Waals surface area contributed by atoms with E-state index in [1.165, 1.54) is 5.56 Å². The van der Waals surface area contributed by atoms with Crippen molar-refractivity contribution in [2.75, 3.05) is 13.6 Å². The minimum atomic E-state index is -0.524. The number of carbonyl (C=O) groups excluding carboxylic acids is 2. The Morgan fingerprint density at radius 2 is 1.54 bits per heavy atom. The monoisotopic (exact) mass is 352 g/mol. The number of nitrogens with zero attached hydrogens (tertiary/aromatic N) is 1. The standard InChI is InChI=1S/C22H28N2O2/c1-17(2)20(23-21(25)19-14-8-5-9-15-19)22(26)24(3)16-10-13-18-11-6-4-7-12-18/h4-9,11-12,14-15,17,20H,10,13,16H2,1-3H3,(H,23,25). The van der Waals surface area contributed by atoms with Crippen molar-refractivity contribution < 1.29 is 9.59 Å². The third-order valence-corrected chi connectivity index (χ3v) is 4.43. The lowest BCUT2D eigenvalue weighted by molar-refractivity contribution is -0.133. The summed E-state index contributed by atoms with van der Waals surface area (Å²) in [6, 6.07) is 18.7. The van der Waals surface area contributed by atoms with Gasteiger partial charge in [0.2, 0.25) is 5.91 Å². The van der Waals surface area contributed by atoms with Crippen molar-refractivity contribution in [3.63, 3.8) is 0 Å². The van der Waals surface area contributed by atoms with Crippen LogP contribution in [-0.4, -0.2) is 36.3 Å². The average Bonchev–Trinajstić information content (AvgIpc) is 2.66. The first-order valence-corrected chi connectivity index (χ1v) is 9.14. The third-order valence-electron chi connectivity index (χ3n) is 4.43. The van der Waals surface area contributed by atoms with Crippen LogP contribution in [0.5, 0.6) is 0 Å². The molecule has 138 valence electrons. The van der Waals surface area contributed by atoms with Gasteiger partial charge in [-0.3, -0.25) is 9.59 Å². The first-order valence-electron chi connectivity index (χ1n) is 9.14. The van der Waals surface area contributed by atoms with Crippen molar-refractivity contribution in [1.82, 2.24) is 10.2 Å². The molecule has 1 N–H and O–H groups in total. The number of hydrogen-bond acceptors (Lipinski definition) is 2. The number of rotatable bonds is 8. The van der Waals surface area contributed by atoms with E-state index in [0.717, 1.165) is 12.8 Å². The molecule has 0 bridgehead atoms. The number of likely N-dealkylation sites (N-methyl/N-ethyl adjacent to an activating group) is 1. The average molecular weight is 352 g/mol. The van der Waals surface area contributed by atoms with Crippen LogP contribution in [-0.2, 0) is 11.2 Å². The number of carbonyl (C=O) groups is 2. The second kappa shape index (κ2) is 9.76. The van der Waals surface area contributed by atoms with E-state index in [2.05, 4.69) is 17.4 Å². The van der Waals surface area contributed by atoms with Gasteiger partial charge in [0.05, 0.1) is 0 Å². The van der Waals surface area contributed by atoms with E-state index < -0.39 is 6.04 Å². The molecule has 4 nitrogen and oxygen atoms in total. The lowest BCUT2D eigenvalue weighted by Gasteiger charge is -2.27. The smallest absolute Gasteiger partial charge is 0.251 e. The van der Waals surface area contributed by atoms with Crippen molar-refractivity contribution in [3.05, 3.63) is 71.8 Å². The lowest BCUT2D eigenvalue weighted by Crippen LogP contribution is -2.50. The van der Waals surface area contributed by atoms with Gasteiger partial charge in [0.15, 0.2) is 0 Å². The summed E-state index contributed by atoms with van der Waals surface area (Å²) in [5, 5.41) is 2.89. The molecule has 0 aliphatic heterocycles. The number of benzene rings is 2. The molecule has 0 radical (unpaired) electrons. The topological polar surface area (TPSA) is 49.4 Å². The first kappa shape index (κ1) is 19.7. The van der Waals surface area contributed by atoms with Crippen molar-refractivity contribution in [1.29, 1.82) is 0 Å². The predicted octanol–water partition coefficient (Wildman–Crippen LogP) is 3.53. The fourth-order valence-electron chi connectivity index (χ4n) is 2.84. The SMILES string of the molecule is CC(C)C(NC(=O)c1ccccc1)C(=O)N(C)CCCc1ccccc1. The Morgan fingerprint density at radius 1 is 0.962 bits per heavy atom. The zero-order valence-corrected chi connectivity index (χ0v) is 15.8. The molecule has 2 aromatic carbocycles. The van der Waals surface area contributed by atoms with Crippen LogP contribution < -0.4 is 5.32 Å². The van der Waals surface area contributed by atoms with Gasteiger partial charge in [0.25, 0.3) is 5.91 Å². The maximum absolute atomic E-state index is 12.8. The van der Waals surface area contributed by atoms with Crippen LogP contribution in [0, 0.1) is 5.92 Å². The van der Waals surface area contributed by atoms with Crippen LogP contribution in [0.2, 0.25) is 0 Å². The number of hydrogen-bond donors (Lipinski definition) is 1. The molecule has 2 rings (SSSR count). The van der Waals surface area contributed by atoms with E-state index in [1.807, 2.05) is 50.2 Å². The molecule has 1 atom stereocenters. The summed E-state index contributed by atoms with van der Waals surface area (Å²) < 4.78 is 0. The summed E-state index contributed by atoms with van der Waals surface area (Å²) in [4.78, 5) is 26.9. The van der Waals surface area contributed by atoms with Crippen LogP contribution in [0.1, 0.15) is 36.2 Å². The van der Waals surface area contributed by atoms with Gasteiger partial charge < -0.3 is 10.2 Å². The van der Waals surface area contributed by atoms with E-state index in [9.17, 15) is 9.59 Å². The molecule has 0 saturated heterocycles. The summed E-state index contributed by atoms with van der Waals surface area (Å²) in [5.74, 6) is -0.237. The molecule has 0 fully saturated rings. The van der Waals surface area contributed by atoms with Crippen molar-refractivity contribution in [3.8, 4) is 0 Å². The van der Waals surface area contributed by atoms with Crippen molar-refractivity contribution in [2.45, 2.75) is 32.7 Å². The molecular weight excluding hydrogens is 324 g/mol. The van der Waals surface area contributed by atoms with Gasteiger partial charge in [0.1, 0.15) is 6.04 Å². The summed E-state index contributed by atoms with van der Waals surface area (Å²) in [5.41, 5.74) is 1.84. The fraction of sp³-hybridized carbons (Fsp3) is 0.364. The van der Waals surface area contributed by atoms with Crippen LogP contribution in [0.3, 0.4) is 0 Å². The Bertz CT molecular complexity index is 699. The molecule has 0 heterocycles. The van der Waals surface area contributed by atoms with Crippen LogP contribution in [0.25, 0.3) is 0 Å². The predicted molar refractivity (Wildman–Crippen MR) is 105 cm³/mol. The van der Waals surface area contributed by atoms with Gasteiger partial charge in [-0.15, -0.1) is 0 Å². The quantitative estimate of drug-likeness (QED) is 0.790. The van der Waals surface area contributed by atoms with Gasteiger partial charge >= 0.3 is 0 Å². The summed E-state index contributed by atoms with van der Waals surface area (Å²) in [6.45, 7) is 4.56. The molecule has 0 aliphatic carbocycles.